The van der Waals surface area contributed by atoms with Crippen LogP contribution in [0, 0.1) is 15.9 Å². The second-order valence-electron chi connectivity index (χ2n) is 3.14. The van der Waals surface area contributed by atoms with Crippen LogP contribution in [0.4, 0.5) is 18.9 Å². The van der Waals surface area contributed by atoms with Crippen molar-refractivity contribution in [2.45, 2.75) is 6.61 Å². The van der Waals surface area contributed by atoms with E-state index in [1.807, 2.05) is 0 Å². The third-order valence-corrected chi connectivity index (χ3v) is 1.89. The molecule has 1 aromatic rings. The van der Waals surface area contributed by atoms with Crippen LogP contribution in [0.25, 0.3) is 6.08 Å². The largest absolute Gasteiger partial charge is 0.478 e. The van der Waals surface area contributed by atoms with Gasteiger partial charge in [-0.25, -0.2) is 9.18 Å². The topological polar surface area (TPSA) is 89.7 Å². The Morgan fingerprint density at radius 3 is 2.58 bits per heavy atom. The molecule has 0 fully saturated rings. The quantitative estimate of drug-likeness (QED) is 0.507. The fourth-order valence-electron chi connectivity index (χ4n) is 1.25. The average molecular weight is 277 g/mol. The molecule has 0 aromatic heterocycles. The van der Waals surface area contributed by atoms with Gasteiger partial charge in [-0.05, 0) is 6.08 Å². The Morgan fingerprint density at radius 1 is 1.47 bits per heavy atom. The molecule has 0 radical (unpaired) electrons. The fraction of sp³-hybridized carbons (Fsp3) is 0.100. The van der Waals surface area contributed by atoms with Crippen LogP contribution in [0.3, 0.4) is 0 Å². The average Bonchev–Trinajstić information content (AvgIpc) is 2.25. The van der Waals surface area contributed by atoms with Crippen LogP contribution < -0.4 is 4.74 Å². The van der Waals surface area contributed by atoms with Gasteiger partial charge in [0.25, 0.3) is 5.69 Å². The smallest absolute Gasteiger partial charge is 0.387 e. The molecule has 0 heterocycles. The van der Waals surface area contributed by atoms with E-state index in [1.54, 1.807) is 0 Å². The molecule has 0 aliphatic heterocycles. The predicted molar refractivity (Wildman–Crippen MR) is 56.4 cm³/mol. The van der Waals surface area contributed by atoms with E-state index in [0.717, 1.165) is 0 Å². The number of nitrogens with zero attached hydrogens (tertiary/aromatic N) is 1. The second kappa shape index (κ2) is 5.85. The van der Waals surface area contributed by atoms with Crippen LogP contribution in [-0.4, -0.2) is 22.6 Å². The van der Waals surface area contributed by atoms with E-state index in [0.29, 0.717) is 24.3 Å². The molecule has 9 heteroatoms. The first-order valence-corrected chi connectivity index (χ1v) is 4.65. The molecule has 0 aliphatic carbocycles. The molecule has 1 N–H and O–H groups in total. The minimum Gasteiger partial charge on any atom is -0.478 e. The number of carboxylic acid groups (broad SMARTS) is 1. The van der Waals surface area contributed by atoms with Crippen molar-refractivity contribution in [3.8, 4) is 5.75 Å². The summed E-state index contributed by atoms with van der Waals surface area (Å²) >= 11 is 0. The highest BCUT2D eigenvalue weighted by Crippen LogP contribution is 2.32. The van der Waals surface area contributed by atoms with Gasteiger partial charge in [-0.15, -0.1) is 0 Å². The molecule has 0 saturated heterocycles. The lowest BCUT2D eigenvalue weighted by atomic mass is 10.1. The number of carboxylic acids is 1. The number of aliphatic carboxylic acids is 1. The molecule has 19 heavy (non-hydrogen) atoms. The summed E-state index contributed by atoms with van der Waals surface area (Å²) in [4.78, 5) is 20.0. The molecule has 1 rings (SSSR count). The number of hydrogen-bond donors (Lipinski definition) is 1. The van der Waals surface area contributed by atoms with Crippen molar-refractivity contribution in [1.29, 1.82) is 0 Å². The van der Waals surface area contributed by atoms with E-state index in [2.05, 4.69) is 4.74 Å². The molecule has 0 atom stereocenters. The molecular weight excluding hydrogens is 271 g/mol. The molecule has 1 aromatic carbocycles. The van der Waals surface area contributed by atoms with Crippen molar-refractivity contribution in [3.63, 3.8) is 0 Å². The molecule has 0 saturated carbocycles. The number of nitro benzene ring substituents is 1. The van der Waals surface area contributed by atoms with E-state index in [-0.39, 0.29) is 0 Å². The lowest BCUT2D eigenvalue weighted by Gasteiger charge is -2.08. The van der Waals surface area contributed by atoms with Crippen molar-refractivity contribution < 1.29 is 32.7 Å². The van der Waals surface area contributed by atoms with Gasteiger partial charge in [-0.3, -0.25) is 10.1 Å². The van der Waals surface area contributed by atoms with E-state index in [9.17, 15) is 28.1 Å². The zero-order chi connectivity index (χ0) is 14.6. The molecule has 0 bridgehead atoms. The van der Waals surface area contributed by atoms with Gasteiger partial charge in [0.2, 0.25) is 0 Å². The summed E-state index contributed by atoms with van der Waals surface area (Å²) in [5.74, 6) is -3.43. The number of halogens is 3. The Hall–Kier alpha value is -2.58. The summed E-state index contributed by atoms with van der Waals surface area (Å²) in [5.41, 5.74) is -1.44. The van der Waals surface area contributed by atoms with Gasteiger partial charge in [0.1, 0.15) is 11.6 Å². The Balaban J connectivity index is 3.42. The van der Waals surface area contributed by atoms with Gasteiger partial charge in [-0.2, -0.15) is 8.78 Å². The van der Waals surface area contributed by atoms with Crippen molar-refractivity contribution in [1.82, 2.24) is 0 Å². The van der Waals surface area contributed by atoms with E-state index in [4.69, 9.17) is 5.11 Å². The second-order valence-corrected chi connectivity index (χ2v) is 3.14. The summed E-state index contributed by atoms with van der Waals surface area (Å²) < 4.78 is 41.2. The number of rotatable bonds is 5. The third kappa shape index (κ3) is 3.98. The van der Waals surface area contributed by atoms with Crippen LogP contribution in [0.2, 0.25) is 0 Å². The minimum atomic E-state index is -3.33. The summed E-state index contributed by atoms with van der Waals surface area (Å²) in [6, 6.07) is 0.973. The zero-order valence-corrected chi connectivity index (χ0v) is 9.05. The maximum absolute atomic E-state index is 13.0. The summed E-state index contributed by atoms with van der Waals surface area (Å²) in [7, 11) is 0. The number of carbonyl (C=O) groups is 1. The minimum absolute atomic E-state index is 0.472. The molecule has 0 aliphatic rings. The molecule has 0 spiro atoms. The predicted octanol–water partition coefficient (Wildman–Crippen LogP) is 2.43. The monoisotopic (exact) mass is 277 g/mol. The Morgan fingerprint density at radius 2 is 2.11 bits per heavy atom. The first kappa shape index (κ1) is 14.5. The Labute approximate surface area is 103 Å². The first-order chi connectivity index (χ1) is 8.81. The first-order valence-electron chi connectivity index (χ1n) is 4.65. The van der Waals surface area contributed by atoms with Gasteiger partial charge in [0.05, 0.1) is 16.6 Å². The van der Waals surface area contributed by atoms with E-state index < -0.39 is 40.3 Å². The molecule has 0 amide bonds. The fourth-order valence-corrected chi connectivity index (χ4v) is 1.25. The molecule has 0 unspecified atom stereocenters. The number of hydrogen-bond acceptors (Lipinski definition) is 4. The maximum atomic E-state index is 13.0. The number of ether oxygens (including phenoxy) is 1. The zero-order valence-electron chi connectivity index (χ0n) is 9.05. The van der Waals surface area contributed by atoms with Gasteiger partial charge < -0.3 is 9.84 Å². The molecular formula is C10H6F3NO5. The van der Waals surface area contributed by atoms with E-state index >= 15 is 0 Å². The van der Waals surface area contributed by atoms with Crippen molar-refractivity contribution in [3.05, 3.63) is 39.7 Å². The van der Waals surface area contributed by atoms with Gasteiger partial charge >= 0.3 is 12.6 Å². The SMILES string of the molecule is O=C(O)/C=C/c1c(OC(F)F)cc(F)cc1[N+](=O)[O-]. The summed E-state index contributed by atoms with van der Waals surface area (Å²) in [6.07, 6.45) is 1.16. The summed E-state index contributed by atoms with van der Waals surface area (Å²) in [5, 5.41) is 19.1. The lowest BCUT2D eigenvalue weighted by molar-refractivity contribution is -0.385. The maximum Gasteiger partial charge on any atom is 0.387 e. The highest BCUT2D eigenvalue weighted by molar-refractivity contribution is 5.87. The van der Waals surface area contributed by atoms with Crippen LogP contribution in [0.5, 0.6) is 5.75 Å². The highest BCUT2D eigenvalue weighted by atomic mass is 19.3. The number of nitro groups is 1. The lowest BCUT2D eigenvalue weighted by Crippen LogP contribution is -2.05. The van der Waals surface area contributed by atoms with Crippen molar-refractivity contribution >= 4 is 17.7 Å². The van der Waals surface area contributed by atoms with Crippen molar-refractivity contribution in [2.24, 2.45) is 0 Å². The van der Waals surface area contributed by atoms with E-state index in [1.165, 1.54) is 0 Å². The standard InChI is InChI=1S/C10H6F3NO5/c11-5-3-7(14(17)18)6(1-2-9(15)16)8(4-5)19-10(12)13/h1-4,10H,(H,15,16)/b2-1+. The van der Waals surface area contributed by atoms with Crippen molar-refractivity contribution in [2.75, 3.05) is 0 Å². The molecule has 102 valence electrons. The highest BCUT2D eigenvalue weighted by Gasteiger charge is 2.21. The number of benzene rings is 1. The normalized spacial score (nSPS) is 10.9. The van der Waals surface area contributed by atoms with Gasteiger partial charge in [0, 0.05) is 12.1 Å². The van der Waals surface area contributed by atoms with Crippen LogP contribution in [0.15, 0.2) is 18.2 Å². The molecule has 6 nitrogen and oxygen atoms in total. The van der Waals surface area contributed by atoms with Crippen LogP contribution >= 0.6 is 0 Å². The van der Waals surface area contributed by atoms with Gasteiger partial charge in [0.15, 0.2) is 0 Å². The van der Waals surface area contributed by atoms with Gasteiger partial charge in [-0.1, -0.05) is 0 Å². The Bertz CT molecular complexity index is 544. The van der Waals surface area contributed by atoms with Crippen LogP contribution in [0.1, 0.15) is 5.56 Å². The Kier molecular flexibility index (Phi) is 4.46. The number of alkyl halides is 2. The van der Waals surface area contributed by atoms with Crippen LogP contribution in [-0.2, 0) is 4.79 Å². The third-order valence-electron chi connectivity index (χ3n) is 1.89. The summed E-state index contributed by atoms with van der Waals surface area (Å²) in [6.45, 7) is -3.33.